The summed E-state index contributed by atoms with van der Waals surface area (Å²) in [7, 11) is 0. The molecule has 0 spiro atoms. The zero-order valence-electron chi connectivity index (χ0n) is 8.86. The Morgan fingerprint density at radius 3 is 3.06 bits per heavy atom. The standard InChI is InChI=1S/C12H13ClN2O/c13-10-4-3-9(7-14)12(6-10)15-5-1-2-11(15)8-16/h3-4,6,11,16H,1-2,5,8H2. The third-order valence-corrected chi connectivity index (χ3v) is 3.21. The summed E-state index contributed by atoms with van der Waals surface area (Å²) in [5, 5.41) is 18.9. The largest absolute Gasteiger partial charge is 0.394 e. The lowest BCUT2D eigenvalue weighted by atomic mass is 10.1. The molecular formula is C12H13ClN2O. The third-order valence-electron chi connectivity index (χ3n) is 2.98. The molecule has 1 aliphatic rings. The van der Waals surface area contributed by atoms with E-state index in [2.05, 4.69) is 11.0 Å². The predicted octanol–water partition coefficient (Wildman–Crippen LogP) is 2.17. The highest BCUT2D eigenvalue weighted by molar-refractivity contribution is 6.30. The molecule has 1 aliphatic heterocycles. The summed E-state index contributed by atoms with van der Waals surface area (Å²) < 4.78 is 0. The second-order valence-corrected chi connectivity index (χ2v) is 4.38. The van der Waals surface area contributed by atoms with Gasteiger partial charge in [-0.15, -0.1) is 0 Å². The van der Waals surface area contributed by atoms with Gasteiger partial charge in [-0.1, -0.05) is 11.6 Å². The zero-order valence-corrected chi connectivity index (χ0v) is 9.61. The van der Waals surface area contributed by atoms with Gasteiger partial charge < -0.3 is 10.0 Å². The van der Waals surface area contributed by atoms with Crippen LogP contribution in [0.15, 0.2) is 18.2 Å². The van der Waals surface area contributed by atoms with E-state index >= 15 is 0 Å². The Balaban J connectivity index is 2.39. The van der Waals surface area contributed by atoms with E-state index in [1.165, 1.54) is 0 Å². The smallest absolute Gasteiger partial charge is 0.101 e. The van der Waals surface area contributed by atoms with Gasteiger partial charge in [0.05, 0.1) is 23.9 Å². The molecule has 0 aromatic heterocycles. The third kappa shape index (κ3) is 1.99. The van der Waals surface area contributed by atoms with Crippen molar-refractivity contribution in [1.82, 2.24) is 0 Å². The lowest BCUT2D eigenvalue weighted by Gasteiger charge is -2.26. The molecule has 0 bridgehead atoms. The lowest BCUT2D eigenvalue weighted by molar-refractivity contribution is 0.266. The number of nitrogens with zero attached hydrogens (tertiary/aromatic N) is 2. The Kier molecular flexibility index (Phi) is 3.33. The summed E-state index contributed by atoms with van der Waals surface area (Å²) in [5.41, 5.74) is 1.45. The molecule has 0 radical (unpaired) electrons. The fourth-order valence-corrected chi connectivity index (χ4v) is 2.35. The van der Waals surface area contributed by atoms with Crippen LogP contribution in [0.2, 0.25) is 5.02 Å². The van der Waals surface area contributed by atoms with E-state index in [-0.39, 0.29) is 12.6 Å². The number of hydrogen-bond acceptors (Lipinski definition) is 3. The van der Waals surface area contributed by atoms with Crippen molar-refractivity contribution in [3.63, 3.8) is 0 Å². The molecule has 4 heteroatoms. The molecule has 1 aromatic rings. The Hall–Kier alpha value is -1.24. The molecule has 0 saturated carbocycles. The first-order chi connectivity index (χ1) is 7.76. The van der Waals surface area contributed by atoms with Crippen molar-refractivity contribution in [2.24, 2.45) is 0 Å². The van der Waals surface area contributed by atoms with Crippen LogP contribution in [0.4, 0.5) is 5.69 Å². The van der Waals surface area contributed by atoms with Crippen LogP contribution in [-0.4, -0.2) is 24.3 Å². The van der Waals surface area contributed by atoms with Crippen molar-refractivity contribution in [1.29, 1.82) is 5.26 Å². The zero-order chi connectivity index (χ0) is 11.5. The first-order valence-electron chi connectivity index (χ1n) is 5.33. The van der Waals surface area contributed by atoms with Crippen molar-refractivity contribution in [2.75, 3.05) is 18.1 Å². The molecule has 3 nitrogen and oxygen atoms in total. The Morgan fingerprint density at radius 1 is 1.56 bits per heavy atom. The Bertz CT molecular complexity index is 428. The first kappa shape index (κ1) is 11.3. The molecule has 1 N–H and O–H groups in total. The lowest BCUT2D eigenvalue weighted by Crippen LogP contribution is -2.32. The molecule has 1 aromatic carbocycles. The highest BCUT2D eigenvalue weighted by Crippen LogP contribution is 2.30. The quantitative estimate of drug-likeness (QED) is 0.856. The number of aliphatic hydroxyl groups is 1. The van der Waals surface area contributed by atoms with Gasteiger partial charge in [-0.3, -0.25) is 0 Å². The monoisotopic (exact) mass is 236 g/mol. The van der Waals surface area contributed by atoms with E-state index in [0.29, 0.717) is 10.6 Å². The molecule has 1 unspecified atom stereocenters. The van der Waals surface area contributed by atoms with Gasteiger partial charge >= 0.3 is 0 Å². The average Bonchev–Trinajstić information content (AvgIpc) is 2.76. The summed E-state index contributed by atoms with van der Waals surface area (Å²) in [6.07, 6.45) is 2.01. The minimum atomic E-state index is 0.116. The number of rotatable bonds is 2. The number of anilines is 1. The van der Waals surface area contributed by atoms with Crippen LogP contribution < -0.4 is 4.90 Å². The molecule has 84 valence electrons. The fourth-order valence-electron chi connectivity index (χ4n) is 2.18. The first-order valence-corrected chi connectivity index (χ1v) is 5.71. The number of nitriles is 1. The van der Waals surface area contributed by atoms with Crippen LogP contribution in [0.3, 0.4) is 0 Å². The van der Waals surface area contributed by atoms with Gasteiger partial charge in [0.1, 0.15) is 6.07 Å². The summed E-state index contributed by atoms with van der Waals surface area (Å²) in [6, 6.07) is 7.52. The van der Waals surface area contributed by atoms with E-state index in [1.807, 2.05) is 0 Å². The SMILES string of the molecule is N#Cc1ccc(Cl)cc1N1CCCC1CO. The van der Waals surface area contributed by atoms with Crippen molar-refractivity contribution in [2.45, 2.75) is 18.9 Å². The van der Waals surface area contributed by atoms with Crippen molar-refractivity contribution in [3.8, 4) is 6.07 Å². The predicted molar refractivity (Wildman–Crippen MR) is 63.6 cm³/mol. The summed E-state index contributed by atoms with van der Waals surface area (Å²) in [4.78, 5) is 2.07. The van der Waals surface area contributed by atoms with Gasteiger partial charge in [0.25, 0.3) is 0 Å². The van der Waals surface area contributed by atoms with Gasteiger partial charge in [-0.2, -0.15) is 5.26 Å². The number of aliphatic hydroxyl groups excluding tert-OH is 1. The van der Waals surface area contributed by atoms with E-state index in [0.717, 1.165) is 25.1 Å². The van der Waals surface area contributed by atoms with Crippen LogP contribution in [0.25, 0.3) is 0 Å². The molecule has 1 saturated heterocycles. The normalized spacial score (nSPS) is 19.8. The van der Waals surface area contributed by atoms with Crippen molar-refractivity contribution < 1.29 is 5.11 Å². The fraction of sp³-hybridized carbons (Fsp3) is 0.417. The van der Waals surface area contributed by atoms with Crippen molar-refractivity contribution >= 4 is 17.3 Å². The maximum Gasteiger partial charge on any atom is 0.101 e. The van der Waals surface area contributed by atoms with Gasteiger partial charge in [0.15, 0.2) is 0 Å². The number of hydrogen-bond donors (Lipinski definition) is 1. The summed E-state index contributed by atoms with van der Waals surface area (Å²) in [5.74, 6) is 0. The summed E-state index contributed by atoms with van der Waals surface area (Å²) in [6.45, 7) is 0.998. The Morgan fingerprint density at radius 2 is 2.38 bits per heavy atom. The molecule has 2 rings (SSSR count). The second kappa shape index (κ2) is 4.73. The molecule has 1 atom stereocenters. The topological polar surface area (TPSA) is 47.3 Å². The van der Waals surface area contributed by atoms with Gasteiger partial charge in [-0.05, 0) is 31.0 Å². The van der Waals surface area contributed by atoms with Crippen LogP contribution in [-0.2, 0) is 0 Å². The van der Waals surface area contributed by atoms with Crippen molar-refractivity contribution in [3.05, 3.63) is 28.8 Å². The highest BCUT2D eigenvalue weighted by atomic mass is 35.5. The van der Waals surface area contributed by atoms with E-state index in [9.17, 15) is 5.11 Å². The molecule has 16 heavy (non-hydrogen) atoms. The minimum absolute atomic E-state index is 0.116. The number of benzene rings is 1. The van der Waals surface area contributed by atoms with Gasteiger partial charge in [0.2, 0.25) is 0 Å². The summed E-state index contributed by atoms with van der Waals surface area (Å²) >= 11 is 5.94. The molecule has 1 fully saturated rings. The van der Waals surface area contributed by atoms with Gasteiger partial charge in [-0.25, -0.2) is 0 Å². The van der Waals surface area contributed by atoms with Crippen LogP contribution in [0, 0.1) is 11.3 Å². The van der Waals surface area contributed by atoms with E-state index in [4.69, 9.17) is 16.9 Å². The Labute approximate surface area is 99.9 Å². The van der Waals surface area contributed by atoms with Crippen LogP contribution in [0.1, 0.15) is 18.4 Å². The van der Waals surface area contributed by atoms with Crippen LogP contribution in [0.5, 0.6) is 0 Å². The van der Waals surface area contributed by atoms with Crippen LogP contribution >= 0.6 is 11.6 Å². The molecule has 0 aliphatic carbocycles. The van der Waals surface area contributed by atoms with E-state index < -0.39 is 0 Å². The van der Waals surface area contributed by atoms with E-state index in [1.54, 1.807) is 18.2 Å². The maximum absolute atomic E-state index is 9.27. The number of halogens is 1. The highest BCUT2D eigenvalue weighted by Gasteiger charge is 2.25. The minimum Gasteiger partial charge on any atom is -0.394 e. The molecule has 1 heterocycles. The second-order valence-electron chi connectivity index (χ2n) is 3.95. The molecular weight excluding hydrogens is 224 g/mol. The maximum atomic E-state index is 9.27. The van der Waals surface area contributed by atoms with Gasteiger partial charge in [0, 0.05) is 11.6 Å². The average molecular weight is 237 g/mol. The molecule has 0 amide bonds.